The fourth-order valence-corrected chi connectivity index (χ4v) is 2.42. The fraction of sp³-hybridized carbons (Fsp3) is 0.611. The summed E-state index contributed by atoms with van der Waals surface area (Å²) in [4.78, 5) is 3.63. The van der Waals surface area contributed by atoms with Crippen LogP contribution in [0.5, 0.6) is 11.5 Å². The third kappa shape index (κ3) is 11.6. The molecule has 1 aromatic carbocycles. The SMILES string of the molecule is CC.CO.OC1CC(CC(O)C(F)(F)F)N=C(c2cc(OC(F)(F)F)cc(OC(F)(F)F)c2)O1. The molecule has 0 saturated heterocycles. The summed E-state index contributed by atoms with van der Waals surface area (Å²) in [6, 6.07) is -0.0789. The Bertz CT molecular complexity index is 746. The van der Waals surface area contributed by atoms with E-state index in [1.54, 1.807) is 0 Å². The molecule has 1 aliphatic rings. The minimum atomic E-state index is -5.29. The van der Waals surface area contributed by atoms with Crippen molar-refractivity contribution in [1.82, 2.24) is 0 Å². The van der Waals surface area contributed by atoms with Crippen molar-refractivity contribution in [3.05, 3.63) is 23.8 Å². The van der Waals surface area contributed by atoms with Crippen LogP contribution in [0.3, 0.4) is 0 Å². The van der Waals surface area contributed by atoms with Crippen molar-refractivity contribution in [1.29, 1.82) is 0 Å². The zero-order chi connectivity index (χ0) is 26.9. The number of hydrogen-bond donors (Lipinski definition) is 3. The number of benzene rings is 1. The van der Waals surface area contributed by atoms with Crippen molar-refractivity contribution in [2.75, 3.05) is 7.11 Å². The van der Waals surface area contributed by atoms with Gasteiger partial charge in [0.05, 0.1) is 6.04 Å². The van der Waals surface area contributed by atoms with E-state index in [-0.39, 0.29) is 6.07 Å². The molecule has 1 heterocycles. The first-order chi connectivity index (χ1) is 15.5. The Balaban J connectivity index is 0.00000258. The highest BCUT2D eigenvalue weighted by Gasteiger charge is 2.41. The number of nitrogens with zero attached hydrogens (tertiary/aromatic N) is 1. The molecular weight excluding hydrogens is 497 g/mol. The molecule has 0 saturated carbocycles. The van der Waals surface area contributed by atoms with E-state index < -0.39 is 73.1 Å². The van der Waals surface area contributed by atoms with Gasteiger partial charge in [0.15, 0.2) is 6.10 Å². The van der Waals surface area contributed by atoms with E-state index in [9.17, 15) is 44.6 Å². The molecule has 34 heavy (non-hydrogen) atoms. The van der Waals surface area contributed by atoms with E-state index in [2.05, 4.69) is 14.5 Å². The van der Waals surface area contributed by atoms with Gasteiger partial charge < -0.3 is 29.5 Å². The zero-order valence-electron chi connectivity index (χ0n) is 17.8. The van der Waals surface area contributed by atoms with Crippen LogP contribution in [0.2, 0.25) is 0 Å². The summed E-state index contributed by atoms with van der Waals surface area (Å²) in [7, 11) is 1.00. The second-order valence-electron chi connectivity index (χ2n) is 5.98. The number of rotatable bonds is 5. The maximum atomic E-state index is 12.5. The minimum absolute atomic E-state index is 0.259. The number of aliphatic hydroxyl groups is 3. The molecule has 0 spiro atoms. The summed E-state index contributed by atoms with van der Waals surface area (Å²) in [5.74, 6) is -3.11. The Labute approximate surface area is 187 Å². The molecule has 7 nitrogen and oxygen atoms in total. The van der Waals surface area contributed by atoms with E-state index in [0.29, 0.717) is 12.1 Å². The summed E-state index contributed by atoms with van der Waals surface area (Å²) in [5, 5.41) is 25.8. The van der Waals surface area contributed by atoms with Gasteiger partial charge in [-0.3, -0.25) is 0 Å². The topological polar surface area (TPSA) is 101 Å². The first-order valence-corrected chi connectivity index (χ1v) is 9.31. The van der Waals surface area contributed by atoms with Gasteiger partial charge in [0.2, 0.25) is 12.2 Å². The van der Waals surface area contributed by atoms with Gasteiger partial charge in [0, 0.05) is 31.6 Å². The van der Waals surface area contributed by atoms with E-state index >= 15 is 0 Å². The third-order valence-corrected chi connectivity index (χ3v) is 3.49. The molecule has 3 unspecified atom stereocenters. The number of aliphatic imine (C=N–C) groups is 1. The average Bonchev–Trinajstić information content (AvgIpc) is 2.67. The molecule has 0 fully saturated rings. The Morgan fingerprint density at radius 2 is 1.38 bits per heavy atom. The lowest BCUT2D eigenvalue weighted by Crippen LogP contribution is -2.36. The summed E-state index contributed by atoms with van der Waals surface area (Å²) in [6.07, 6.45) is -21.7. The van der Waals surface area contributed by atoms with Gasteiger partial charge in [0.1, 0.15) is 11.5 Å². The highest BCUT2D eigenvalue weighted by Crippen LogP contribution is 2.33. The van der Waals surface area contributed by atoms with Crippen molar-refractivity contribution >= 4 is 5.90 Å². The maximum Gasteiger partial charge on any atom is 0.573 e. The molecule has 1 aromatic rings. The molecule has 0 radical (unpaired) electrons. The van der Waals surface area contributed by atoms with Crippen LogP contribution in [0.15, 0.2) is 23.2 Å². The van der Waals surface area contributed by atoms with Crippen molar-refractivity contribution in [2.45, 2.75) is 64.0 Å². The van der Waals surface area contributed by atoms with Crippen LogP contribution in [0.1, 0.15) is 32.3 Å². The summed E-state index contributed by atoms with van der Waals surface area (Å²) in [5.41, 5.74) is -0.610. The van der Waals surface area contributed by atoms with E-state index in [1.807, 2.05) is 13.8 Å². The lowest BCUT2D eigenvalue weighted by molar-refractivity contribution is -0.276. The third-order valence-electron chi connectivity index (χ3n) is 3.49. The normalized spacial score (nSPS) is 19.3. The van der Waals surface area contributed by atoms with Gasteiger partial charge >= 0.3 is 18.9 Å². The van der Waals surface area contributed by atoms with Crippen molar-refractivity contribution in [3.8, 4) is 11.5 Å². The molecule has 1 aliphatic heterocycles. The van der Waals surface area contributed by atoms with Crippen LogP contribution in [-0.4, -0.2) is 65.7 Å². The van der Waals surface area contributed by atoms with Crippen LogP contribution < -0.4 is 9.47 Å². The largest absolute Gasteiger partial charge is 0.573 e. The van der Waals surface area contributed by atoms with Crippen LogP contribution in [0, 0.1) is 0 Å². The van der Waals surface area contributed by atoms with Crippen LogP contribution in [0.25, 0.3) is 0 Å². The first kappa shape index (κ1) is 31.5. The Morgan fingerprint density at radius 3 is 1.76 bits per heavy atom. The summed E-state index contributed by atoms with van der Waals surface area (Å²) >= 11 is 0. The predicted octanol–water partition coefficient (Wildman–Crippen LogP) is 4.29. The molecule has 0 bridgehead atoms. The standard InChI is InChI=1S/C15H12F9NO5.C2H6.CH4O/c16-13(17,18)10(26)3-7-4-11(27)28-12(25-7)6-1-8(29-14(19,20)21)5-9(2-6)30-15(22,23)24;2*1-2/h1-2,5,7,10-11,26-27H,3-4H2;1-2H3;2H,1H3. The number of aliphatic hydroxyl groups excluding tert-OH is 3. The highest BCUT2D eigenvalue weighted by atomic mass is 19.4. The Morgan fingerprint density at radius 1 is 0.941 bits per heavy atom. The molecule has 0 amide bonds. The first-order valence-electron chi connectivity index (χ1n) is 9.31. The van der Waals surface area contributed by atoms with Crippen LogP contribution >= 0.6 is 0 Å². The molecule has 198 valence electrons. The van der Waals surface area contributed by atoms with Crippen molar-refractivity contribution in [2.24, 2.45) is 4.99 Å². The molecule has 3 N–H and O–H groups in total. The average molecular weight is 519 g/mol. The molecule has 3 atom stereocenters. The van der Waals surface area contributed by atoms with Gasteiger partial charge in [-0.1, -0.05) is 13.8 Å². The second kappa shape index (κ2) is 12.9. The maximum absolute atomic E-state index is 12.5. The number of alkyl halides is 9. The van der Waals surface area contributed by atoms with E-state index in [0.717, 1.165) is 7.11 Å². The minimum Gasteiger partial charge on any atom is -0.448 e. The van der Waals surface area contributed by atoms with Gasteiger partial charge in [0.25, 0.3) is 0 Å². The monoisotopic (exact) mass is 519 g/mol. The molecule has 0 aliphatic carbocycles. The predicted molar refractivity (Wildman–Crippen MR) is 98.0 cm³/mol. The molecule has 16 heteroatoms. The summed E-state index contributed by atoms with van der Waals surface area (Å²) < 4.78 is 124. The number of halogens is 9. The van der Waals surface area contributed by atoms with E-state index in [4.69, 9.17) is 14.9 Å². The Hall–Kier alpha value is -2.46. The summed E-state index contributed by atoms with van der Waals surface area (Å²) in [6.45, 7) is 4.00. The zero-order valence-corrected chi connectivity index (χ0v) is 17.8. The lowest BCUT2D eigenvalue weighted by Gasteiger charge is -2.27. The van der Waals surface area contributed by atoms with Crippen molar-refractivity contribution < 1.29 is 69.0 Å². The van der Waals surface area contributed by atoms with Gasteiger partial charge in [-0.2, -0.15) is 13.2 Å². The highest BCUT2D eigenvalue weighted by molar-refractivity contribution is 5.95. The lowest BCUT2D eigenvalue weighted by atomic mass is 10.0. The molecular formula is C18H22F9NO6. The van der Waals surface area contributed by atoms with Gasteiger partial charge in [-0.15, -0.1) is 26.3 Å². The number of hydrogen-bond acceptors (Lipinski definition) is 7. The second-order valence-corrected chi connectivity index (χ2v) is 5.98. The number of ether oxygens (including phenoxy) is 3. The quantitative estimate of drug-likeness (QED) is 0.502. The van der Waals surface area contributed by atoms with Crippen molar-refractivity contribution in [3.63, 3.8) is 0 Å². The van der Waals surface area contributed by atoms with Crippen LogP contribution in [0.4, 0.5) is 39.5 Å². The smallest absolute Gasteiger partial charge is 0.448 e. The Kier molecular flexibility index (Phi) is 11.9. The van der Waals surface area contributed by atoms with E-state index in [1.165, 1.54) is 0 Å². The van der Waals surface area contributed by atoms with Gasteiger partial charge in [-0.25, -0.2) is 4.99 Å². The van der Waals surface area contributed by atoms with Crippen LogP contribution in [-0.2, 0) is 4.74 Å². The fourth-order valence-electron chi connectivity index (χ4n) is 2.42. The van der Waals surface area contributed by atoms with Gasteiger partial charge in [-0.05, 0) is 12.1 Å². The molecule has 0 aromatic heterocycles. The molecule has 2 rings (SSSR count).